The average Bonchev–Trinajstić information content (AvgIpc) is 2.95. The van der Waals surface area contributed by atoms with Gasteiger partial charge in [-0.3, -0.25) is 9.69 Å². The van der Waals surface area contributed by atoms with Crippen LogP contribution in [0.1, 0.15) is 164 Å². The van der Waals surface area contributed by atoms with E-state index in [2.05, 4.69) is 51.8 Å². The summed E-state index contributed by atoms with van der Waals surface area (Å²) in [5.41, 5.74) is -0.279. The summed E-state index contributed by atoms with van der Waals surface area (Å²) in [6, 6.07) is 0. The first-order chi connectivity index (χ1) is 19.2. The Morgan fingerprint density at radius 2 is 1.30 bits per heavy atom. The number of nitrogens with one attached hydrogen (secondary N) is 1. The molecule has 0 aromatic carbocycles. The summed E-state index contributed by atoms with van der Waals surface area (Å²) in [5.74, 6) is 0.0995. The van der Waals surface area contributed by atoms with E-state index in [9.17, 15) is 9.59 Å². The number of esters is 1. The number of carbonyl (C=O) groups is 2. The van der Waals surface area contributed by atoms with Gasteiger partial charge in [0.05, 0.1) is 0 Å². The van der Waals surface area contributed by atoms with Gasteiger partial charge in [-0.05, 0) is 33.1 Å². The first-order valence-electron chi connectivity index (χ1n) is 17.0. The fourth-order valence-corrected chi connectivity index (χ4v) is 6.66. The van der Waals surface area contributed by atoms with Crippen LogP contribution in [0.2, 0.25) is 0 Å². The van der Waals surface area contributed by atoms with E-state index in [1.807, 2.05) is 0 Å². The quantitative estimate of drug-likeness (QED) is 0.104. The first kappa shape index (κ1) is 36.7. The summed E-state index contributed by atoms with van der Waals surface area (Å²) in [6.45, 7) is 14.5. The maximum atomic E-state index is 12.4. The van der Waals surface area contributed by atoms with Crippen LogP contribution in [0.5, 0.6) is 0 Å². The number of alkyl carbamates (subject to hydrolysis) is 1. The van der Waals surface area contributed by atoms with E-state index >= 15 is 0 Å². The predicted molar refractivity (Wildman–Crippen MR) is 168 cm³/mol. The lowest BCUT2D eigenvalue weighted by Crippen LogP contribution is -2.68. The molecule has 0 spiro atoms. The lowest BCUT2D eigenvalue weighted by Gasteiger charge is -2.60. The molecule has 6 nitrogen and oxygen atoms in total. The summed E-state index contributed by atoms with van der Waals surface area (Å²) in [4.78, 5) is 27.0. The van der Waals surface area contributed by atoms with Gasteiger partial charge in [-0.1, -0.05) is 118 Å². The third-order valence-electron chi connectivity index (χ3n) is 9.95. The van der Waals surface area contributed by atoms with Crippen molar-refractivity contribution in [2.75, 3.05) is 20.2 Å². The molecule has 236 valence electrons. The highest BCUT2D eigenvalue weighted by Gasteiger charge is 2.53. The molecule has 0 saturated carbocycles. The molecule has 6 heteroatoms. The van der Waals surface area contributed by atoms with Crippen LogP contribution < -0.4 is 5.32 Å². The normalized spacial score (nSPS) is 25.1. The van der Waals surface area contributed by atoms with Crippen LogP contribution in [0, 0.1) is 5.92 Å². The molecule has 1 rings (SSSR count). The number of piperidine rings is 1. The number of carbonyl (C=O) groups excluding carboxylic acids is 2. The second kappa shape index (κ2) is 20.6. The van der Waals surface area contributed by atoms with Crippen molar-refractivity contribution < 1.29 is 19.1 Å². The van der Waals surface area contributed by atoms with E-state index in [0.29, 0.717) is 19.6 Å². The minimum Gasteiger partial charge on any atom is -0.464 e. The monoisotopic (exact) mass is 567 g/mol. The fourth-order valence-electron chi connectivity index (χ4n) is 6.66. The molecule has 1 N–H and O–H groups in total. The number of hydrogen-bond acceptors (Lipinski definition) is 5. The van der Waals surface area contributed by atoms with Crippen molar-refractivity contribution in [3.8, 4) is 0 Å². The number of amides is 1. The van der Waals surface area contributed by atoms with Gasteiger partial charge in [0, 0.05) is 43.4 Å². The zero-order chi connectivity index (χ0) is 29.9. The third-order valence-corrected chi connectivity index (χ3v) is 9.95. The lowest BCUT2D eigenvalue weighted by molar-refractivity contribution is -0.156. The number of ether oxygens (including phenoxy) is 2. The van der Waals surface area contributed by atoms with Gasteiger partial charge in [-0.2, -0.15) is 0 Å². The number of hydrogen-bond donors (Lipinski definition) is 1. The zero-order valence-corrected chi connectivity index (χ0v) is 27.6. The van der Waals surface area contributed by atoms with Gasteiger partial charge in [0.1, 0.15) is 12.7 Å². The minimum atomic E-state index is -0.366. The van der Waals surface area contributed by atoms with E-state index in [-0.39, 0.29) is 35.2 Å². The second-order valence-electron chi connectivity index (χ2n) is 12.8. The van der Waals surface area contributed by atoms with Crippen molar-refractivity contribution >= 4 is 12.1 Å². The van der Waals surface area contributed by atoms with Crippen LogP contribution in [0.25, 0.3) is 0 Å². The van der Waals surface area contributed by atoms with Crippen molar-refractivity contribution in [3.63, 3.8) is 0 Å². The van der Waals surface area contributed by atoms with Gasteiger partial charge in [0.15, 0.2) is 0 Å². The van der Waals surface area contributed by atoms with Crippen LogP contribution in [0.15, 0.2) is 0 Å². The van der Waals surface area contributed by atoms with Crippen LogP contribution in [0.3, 0.4) is 0 Å². The Hall–Kier alpha value is -1.30. The maximum absolute atomic E-state index is 12.4. The van der Waals surface area contributed by atoms with Crippen LogP contribution in [0.4, 0.5) is 4.79 Å². The maximum Gasteiger partial charge on any atom is 0.407 e. The number of unbranched alkanes of at least 4 members (excludes halogenated alkanes) is 14. The third kappa shape index (κ3) is 12.7. The Morgan fingerprint density at radius 1 is 0.800 bits per heavy atom. The van der Waals surface area contributed by atoms with Crippen molar-refractivity contribution in [1.82, 2.24) is 10.2 Å². The standard InChI is InChI=1S/C34H66N2O4/c1-8-11-12-13-14-15-16-17-18-19-20-21-22-23-24-25-31(37)39-27-26-36-33(5,9-2)28-30(40-32(38)35-7)29(4)34(36,6)10-3/h29-30H,8-28H2,1-7H3,(H,35,38). The molecule has 0 radical (unpaired) electrons. The first-order valence-corrected chi connectivity index (χ1v) is 17.0. The number of rotatable bonds is 22. The van der Waals surface area contributed by atoms with Crippen molar-refractivity contribution in [3.05, 3.63) is 0 Å². The van der Waals surface area contributed by atoms with E-state index in [4.69, 9.17) is 9.47 Å². The van der Waals surface area contributed by atoms with Gasteiger partial charge in [0.25, 0.3) is 0 Å². The van der Waals surface area contributed by atoms with Crippen LogP contribution in [-0.2, 0) is 14.3 Å². The SMILES string of the molecule is CCCCCCCCCCCCCCCCCC(=O)OCCN1C(C)(CC)CC(OC(=O)NC)C(C)C1(C)CC. The Labute approximate surface area is 248 Å². The molecule has 0 aliphatic carbocycles. The van der Waals surface area contributed by atoms with Crippen molar-refractivity contribution in [2.24, 2.45) is 5.92 Å². The largest absolute Gasteiger partial charge is 0.464 e. The van der Waals surface area contributed by atoms with E-state index in [1.54, 1.807) is 7.05 Å². The number of likely N-dealkylation sites (tertiary alicyclic amines) is 1. The highest BCUT2D eigenvalue weighted by Crippen LogP contribution is 2.46. The topological polar surface area (TPSA) is 67.9 Å². The van der Waals surface area contributed by atoms with Crippen molar-refractivity contribution in [2.45, 2.75) is 181 Å². The Kier molecular flexibility index (Phi) is 18.9. The molecule has 1 aliphatic heterocycles. The number of nitrogens with zero attached hydrogens (tertiary/aromatic N) is 1. The fraction of sp³-hybridized carbons (Fsp3) is 0.941. The van der Waals surface area contributed by atoms with Gasteiger partial charge in [0.2, 0.25) is 0 Å². The molecular weight excluding hydrogens is 500 g/mol. The lowest BCUT2D eigenvalue weighted by atomic mass is 9.68. The summed E-state index contributed by atoms with van der Waals surface area (Å²) in [7, 11) is 1.61. The molecule has 0 aromatic rings. The van der Waals surface area contributed by atoms with Gasteiger partial charge in [-0.15, -0.1) is 0 Å². The second-order valence-corrected chi connectivity index (χ2v) is 12.8. The molecule has 1 aliphatic rings. The molecule has 0 bridgehead atoms. The summed E-state index contributed by atoms with van der Waals surface area (Å²) in [6.07, 6.45) is 22.5. The summed E-state index contributed by atoms with van der Waals surface area (Å²) >= 11 is 0. The Bertz CT molecular complexity index is 687. The minimum absolute atomic E-state index is 0.0722. The van der Waals surface area contributed by atoms with Gasteiger partial charge >= 0.3 is 12.1 Å². The van der Waals surface area contributed by atoms with Gasteiger partial charge in [-0.25, -0.2) is 4.79 Å². The van der Waals surface area contributed by atoms with Crippen LogP contribution in [-0.4, -0.2) is 54.3 Å². The molecule has 0 aromatic heterocycles. The molecule has 1 saturated heterocycles. The van der Waals surface area contributed by atoms with Crippen LogP contribution >= 0.6 is 0 Å². The summed E-state index contributed by atoms with van der Waals surface area (Å²) < 4.78 is 11.5. The van der Waals surface area contributed by atoms with Crippen molar-refractivity contribution in [1.29, 1.82) is 0 Å². The average molecular weight is 567 g/mol. The molecule has 1 fully saturated rings. The highest BCUT2D eigenvalue weighted by molar-refractivity contribution is 5.69. The molecule has 40 heavy (non-hydrogen) atoms. The molecular formula is C34H66N2O4. The van der Waals surface area contributed by atoms with E-state index in [1.165, 1.54) is 83.5 Å². The van der Waals surface area contributed by atoms with E-state index in [0.717, 1.165) is 32.1 Å². The predicted octanol–water partition coefficient (Wildman–Crippen LogP) is 9.19. The molecule has 1 amide bonds. The molecule has 4 atom stereocenters. The summed E-state index contributed by atoms with van der Waals surface area (Å²) in [5, 5.41) is 2.60. The molecule has 4 unspecified atom stereocenters. The van der Waals surface area contributed by atoms with E-state index < -0.39 is 0 Å². The highest BCUT2D eigenvalue weighted by atomic mass is 16.6. The zero-order valence-electron chi connectivity index (χ0n) is 27.6. The van der Waals surface area contributed by atoms with Gasteiger partial charge < -0.3 is 14.8 Å². The Balaban J connectivity index is 2.24. The smallest absolute Gasteiger partial charge is 0.407 e. The molecule has 1 heterocycles. The Morgan fingerprint density at radius 3 is 1.75 bits per heavy atom.